The van der Waals surface area contributed by atoms with Crippen molar-refractivity contribution in [1.29, 1.82) is 0 Å². The molecule has 2 unspecified atom stereocenters. The summed E-state index contributed by atoms with van der Waals surface area (Å²) in [6.45, 7) is 4.07. The van der Waals surface area contributed by atoms with E-state index in [4.69, 9.17) is 11.6 Å². The molecule has 0 radical (unpaired) electrons. The first kappa shape index (κ1) is 18.3. The van der Waals surface area contributed by atoms with Crippen molar-refractivity contribution in [3.63, 3.8) is 0 Å². The van der Waals surface area contributed by atoms with Crippen molar-refractivity contribution in [1.82, 2.24) is 5.32 Å². The molecule has 0 amide bonds. The Morgan fingerprint density at radius 3 is 2.74 bits per heavy atom. The van der Waals surface area contributed by atoms with E-state index in [1.807, 2.05) is 25.1 Å². The van der Waals surface area contributed by atoms with Crippen LogP contribution < -0.4 is 10.6 Å². The second kappa shape index (κ2) is 7.49. The van der Waals surface area contributed by atoms with Gasteiger partial charge in [0, 0.05) is 34.9 Å². The molecule has 0 aromatic heterocycles. The summed E-state index contributed by atoms with van der Waals surface area (Å²) >= 11 is 6.58. The molecule has 2 atom stereocenters. The van der Waals surface area contributed by atoms with Crippen LogP contribution in [0.1, 0.15) is 49.8 Å². The van der Waals surface area contributed by atoms with Gasteiger partial charge in [-0.05, 0) is 68.0 Å². The summed E-state index contributed by atoms with van der Waals surface area (Å²) in [6.07, 6.45) is 3.69. The fourth-order valence-corrected chi connectivity index (χ4v) is 4.24. The van der Waals surface area contributed by atoms with E-state index < -0.39 is 0 Å². The van der Waals surface area contributed by atoms with Gasteiger partial charge < -0.3 is 10.6 Å². The summed E-state index contributed by atoms with van der Waals surface area (Å²) in [5, 5.41) is 7.75. The topological polar surface area (TPSA) is 51.0 Å². The molecular formula is C23H25ClN2O. The minimum atomic E-state index is 0.280. The third kappa shape index (κ3) is 3.95. The highest BCUT2D eigenvalue weighted by Crippen LogP contribution is 2.40. The Bertz CT molecular complexity index is 918. The van der Waals surface area contributed by atoms with Gasteiger partial charge in [-0.1, -0.05) is 41.4 Å². The maximum atomic E-state index is 11.9. The van der Waals surface area contributed by atoms with Crippen molar-refractivity contribution < 1.29 is 4.79 Å². The number of para-hydroxylation sites is 1. The zero-order valence-electron chi connectivity index (χ0n) is 15.8. The van der Waals surface area contributed by atoms with E-state index in [9.17, 15) is 4.79 Å². The van der Waals surface area contributed by atoms with Crippen molar-refractivity contribution in [2.75, 3.05) is 5.32 Å². The highest BCUT2D eigenvalue weighted by Gasteiger charge is 2.39. The van der Waals surface area contributed by atoms with Crippen LogP contribution in [0, 0.1) is 6.92 Å². The van der Waals surface area contributed by atoms with Gasteiger partial charge in [-0.3, -0.25) is 4.79 Å². The maximum absolute atomic E-state index is 11.9. The first-order valence-electron chi connectivity index (χ1n) is 9.63. The Morgan fingerprint density at radius 1 is 1.15 bits per heavy atom. The first-order valence-corrected chi connectivity index (χ1v) is 10.0. The van der Waals surface area contributed by atoms with Gasteiger partial charge in [-0.2, -0.15) is 0 Å². The van der Waals surface area contributed by atoms with Gasteiger partial charge in [0.1, 0.15) is 0 Å². The highest BCUT2D eigenvalue weighted by atomic mass is 35.5. The molecule has 27 heavy (non-hydrogen) atoms. The lowest BCUT2D eigenvalue weighted by molar-refractivity contribution is -0.116. The van der Waals surface area contributed by atoms with Crippen LogP contribution >= 0.6 is 11.6 Å². The van der Waals surface area contributed by atoms with Crippen LogP contribution in [0.3, 0.4) is 0 Å². The predicted octanol–water partition coefficient (Wildman–Crippen LogP) is 5.86. The van der Waals surface area contributed by atoms with E-state index in [2.05, 4.69) is 41.8 Å². The summed E-state index contributed by atoms with van der Waals surface area (Å²) < 4.78 is 0. The number of nitrogens with one attached hydrogen (secondary N) is 2. The molecule has 1 aliphatic heterocycles. The quantitative estimate of drug-likeness (QED) is 0.638. The van der Waals surface area contributed by atoms with Gasteiger partial charge in [0.2, 0.25) is 0 Å². The number of aryl methyl sites for hydroxylation is 1. The molecule has 1 fully saturated rings. The van der Waals surface area contributed by atoms with Crippen molar-refractivity contribution in [2.24, 2.45) is 0 Å². The van der Waals surface area contributed by atoms with Gasteiger partial charge in [0.25, 0.3) is 0 Å². The third-order valence-corrected chi connectivity index (χ3v) is 6.07. The first-order chi connectivity index (χ1) is 13.0. The maximum Gasteiger partial charge on any atom is 0.158 e. The third-order valence-electron chi connectivity index (χ3n) is 5.74. The van der Waals surface area contributed by atoms with Crippen molar-refractivity contribution in [2.45, 2.75) is 51.6 Å². The minimum absolute atomic E-state index is 0.280. The number of carbonyl (C=O) groups excluding carboxylic acids is 1. The highest BCUT2D eigenvalue weighted by molar-refractivity contribution is 6.31. The molecule has 2 aliphatic rings. The molecule has 2 N–H and O–H groups in total. The molecule has 2 aromatic carbocycles. The lowest BCUT2D eigenvalue weighted by Gasteiger charge is -2.16. The molecular weight excluding hydrogens is 356 g/mol. The normalized spacial score (nSPS) is 22.1. The van der Waals surface area contributed by atoms with E-state index >= 15 is 0 Å². The molecule has 140 valence electrons. The van der Waals surface area contributed by atoms with Crippen LogP contribution in [-0.2, 0) is 4.79 Å². The van der Waals surface area contributed by atoms with E-state index in [-0.39, 0.29) is 6.04 Å². The Morgan fingerprint density at radius 2 is 1.96 bits per heavy atom. The fourth-order valence-electron chi connectivity index (χ4n) is 3.94. The average molecular weight is 381 g/mol. The molecule has 0 saturated carbocycles. The van der Waals surface area contributed by atoms with Crippen LogP contribution in [0.2, 0.25) is 5.02 Å². The van der Waals surface area contributed by atoms with Gasteiger partial charge in [-0.15, -0.1) is 0 Å². The number of carbonyl (C=O) groups is 1. The second-order valence-corrected chi connectivity index (χ2v) is 8.04. The van der Waals surface area contributed by atoms with Crippen molar-refractivity contribution in [3.05, 3.63) is 69.8 Å². The number of ketones is 1. The second-order valence-electron chi connectivity index (χ2n) is 7.64. The Balaban J connectivity index is 1.44. The molecule has 1 heterocycles. The van der Waals surface area contributed by atoms with Crippen LogP contribution in [0.5, 0.6) is 0 Å². The van der Waals surface area contributed by atoms with Crippen LogP contribution in [-0.4, -0.2) is 11.8 Å². The molecule has 3 nitrogen and oxygen atoms in total. The summed E-state index contributed by atoms with van der Waals surface area (Å²) in [7, 11) is 0. The monoisotopic (exact) mass is 380 g/mol. The number of benzene rings is 2. The SMILES string of the molecule is CC1=C(CC2NC2c2ccc(Nc3ccccc3C)cc2Cl)CCCC1=O. The van der Waals surface area contributed by atoms with E-state index in [0.29, 0.717) is 18.2 Å². The molecule has 2 aromatic rings. The van der Waals surface area contributed by atoms with Crippen LogP contribution in [0.25, 0.3) is 0 Å². The summed E-state index contributed by atoms with van der Waals surface area (Å²) in [4.78, 5) is 11.9. The Kier molecular flexibility index (Phi) is 5.07. The number of anilines is 2. The van der Waals surface area contributed by atoms with Gasteiger partial charge in [0.15, 0.2) is 5.78 Å². The number of hydrogen-bond donors (Lipinski definition) is 2. The number of hydrogen-bond acceptors (Lipinski definition) is 3. The van der Waals surface area contributed by atoms with Gasteiger partial charge >= 0.3 is 0 Å². The Hall–Kier alpha value is -2.10. The summed E-state index contributed by atoms with van der Waals surface area (Å²) in [5.41, 5.74) is 6.72. The minimum Gasteiger partial charge on any atom is -0.355 e. The Labute approximate surface area is 165 Å². The molecule has 0 bridgehead atoms. The lowest BCUT2D eigenvalue weighted by Crippen LogP contribution is -2.11. The van der Waals surface area contributed by atoms with Crippen LogP contribution in [0.4, 0.5) is 11.4 Å². The molecule has 0 spiro atoms. The van der Waals surface area contributed by atoms with E-state index in [0.717, 1.165) is 46.8 Å². The smallest absolute Gasteiger partial charge is 0.158 e. The molecule has 1 aliphatic carbocycles. The molecule has 4 rings (SSSR count). The standard InChI is InChI=1S/C23H25ClN2O/c1-14-6-3-4-8-20(14)25-17-10-11-18(19(24)13-17)23-21(26-23)12-16-7-5-9-22(27)15(16)2/h3-4,6,8,10-11,13,21,23,25-26H,5,7,9,12H2,1-2H3. The number of rotatable bonds is 5. The zero-order chi connectivity index (χ0) is 19.0. The summed E-state index contributed by atoms with van der Waals surface area (Å²) in [5.74, 6) is 0.318. The van der Waals surface area contributed by atoms with Crippen molar-refractivity contribution in [3.8, 4) is 0 Å². The predicted molar refractivity (Wildman–Crippen MR) is 112 cm³/mol. The van der Waals surface area contributed by atoms with Crippen molar-refractivity contribution >= 4 is 28.8 Å². The number of allylic oxidation sites excluding steroid dienone is 1. The van der Waals surface area contributed by atoms with Gasteiger partial charge in [0.05, 0.1) is 0 Å². The van der Waals surface area contributed by atoms with Gasteiger partial charge in [-0.25, -0.2) is 0 Å². The fraction of sp³-hybridized carbons (Fsp3) is 0.348. The molecule has 1 saturated heterocycles. The molecule has 4 heteroatoms. The van der Waals surface area contributed by atoms with E-state index in [1.165, 1.54) is 11.1 Å². The largest absolute Gasteiger partial charge is 0.355 e. The zero-order valence-corrected chi connectivity index (χ0v) is 16.6. The lowest BCUT2D eigenvalue weighted by atomic mass is 9.88. The van der Waals surface area contributed by atoms with E-state index in [1.54, 1.807) is 0 Å². The summed E-state index contributed by atoms with van der Waals surface area (Å²) in [6, 6.07) is 15.1. The average Bonchev–Trinajstić information content (AvgIpc) is 3.40. The number of Topliss-reactive ketones (excluding diaryl/α,β-unsaturated/α-hetero) is 1. The number of halogens is 1. The van der Waals surface area contributed by atoms with Crippen LogP contribution in [0.15, 0.2) is 53.6 Å².